The van der Waals surface area contributed by atoms with Gasteiger partial charge >= 0.3 is 0 Å². The summed E-state index contributed by atoms with van der Waals surface area (Å²) < 4.78 is 26.8. The van der Waals surface area contributed by atoms with Crippen molar-refractivity contribution in [1.82, 2.24) is 9.88 Å². The molecule has 0 unspecified atom stereocenters. The second kappa shape index (κ2) is 7.91. The minimum atomic E-state index is -3.43. The maximum absolute atomic E-state index is 12.5. The van der Waals surface area contributed by atoms with Crippen LogP contribution in [0.5, 0.6) is 0 Å². The van der Waals surface area contributed by atoms with Gasteiger partial charge in [-0.05, 0) is 23.8 Å². The Hall–Kier alpha value is -2.20. The van der Waals surface area contributed by atoms with Gasteiger partial charge in [-0.25, -0.2) is 13.4 Å². The van der Waals surface area contributed by atoms with Gasteiger partial charge in [0.1, 0.15) is 5.84 Å². The van der Waals surface area contributed by atoms with E-state index in [1.165, 1.54) is 23.5 Å². The summed E-state index contributed by atoms with van der Waals surface area (Å²) in [5, 5.41) is 4.22. The third kappa shape index (κ3) is 4.53. The molecule has 29 heavy (non-hydrogen) atoms. The molecule has 0 radical (unpaired) electrons. The predicted molar refractivity (Wildman–Crippen MR) is 115 cm³/mol. The monoisotopic (exact) mass is 468 g/mol. The number of carbonyl (C=O) groups excluding carboxylic acids is 1. The molecule has 0 aliphatic carbocycles. The number of hydrogen-bond donors (Lipinski definition) is 1. The number of fused-ring (bicyclic) bond motifs is 1. The average molecular weight is 469 g/mol. The van der Waals surface area contributed by atoms with Crippen LogP contribution in [0.1, 0.15) is 10.4 Å². The molecule has 11 heteroatoms. The first-order valence-corrected chi connectivity index (χ1v) is 11.7. The molecule has 0 saturated carbocycles. The minimum absolute atomic E-state index is 0.0857. The van der Waals surface area contributed by atoms with Crippen LogP contribution in [0.15, 0.2) is 52.7 Å². The van der Waals surface area contributed by atoms with Crippen LogP contribution in [0.4, 0.5) is 5.13 Å². The van der Waals surface area contributed by atoms with Crippen LogP contribution in [0.3, 0.4) is 0 Å². The Kier molecular flexibility index (Phi) is 5.48. The fraction of sp³-hybridized carbons (Fsp3) is 0.167. The molecular formula is C18H14Cl2N4O3S2. The maximum atomic E-state index is 12.5. The number of anilines is 1. The highest BCUT2D eigenvalue weighted by Crippen LogP contribution is 2.29. The van der Waals surface area contributed by atoms with Gasteiger partial charge in [-0.3, -0.25) is 10.1 Å². The van der Waals surface area contributed by atoms with Crippen LogP contribution >= 0.6 is 34.5 Å². The molecule has 0 atom stereocenters. The van der Waals surface area contributed by atoms with Crippen molar-refractivity contribution in [3.63, 3.8) is 0 Å². The first-order valence-electron chi connectivity index (χ1n) is 8.49. The summed E-state index contributed by atoms with van der Waals surface area (Å²) >= 11 is 13.6. The Morgan fingerprint density at radius 3 is 2.93 bits per heavy atom. The molecule has 0 saturated heterocycles. The van der Waals surface area contributed by atoms with Crippen molar-refractivity contribution in [3.8, 4) is 0 Å². The zero-order valence-corrected chi connectivity index (χ0v) is 17.9. The Morgan fingerprint density at radius 1 is 1.28 bits per heavy atom. The SMILES string of the molecule is O=C(Nc1ncc(Cc2cccc(Cl)c2Cl)s1)C1=CN2CCS(=O)(=O)N=C2C=C1. The molecule has 3 heterocycles. The molecule has 1 N–H and O–H groups in total. The lowest BCUT2D eigenvalue weighted by atomic mass is 10.1. The smallest absolute Gasteiger partial charge is 0.258 e. The first kappa shape index (κ1) is 20.1. The molecule has 2 aromatic rings. The Labute approximate surface area is 181 Å². The Bertz CT molecular complexity index is 1190. The highest BCUT2D eigenvalue weighted by molar-refractivity contribution is 7.90. The molecule has 4 rings (SSSR count). The molecule has 2 aliphatic heterocycles. The largest absolute Gasteiger partial charge is 0.330 e. The van der Waals surface area contributed by atoms with Gasteiger partial charge in [-0.15, -0.1) is 15.7 Å². The van der Waals surface area contributed by atoms with E-state index in [1.54, 1.807) is 23.4 Å². The van der Waals surface area contributed by atoms with E-state index >= 15 is 0 Å². The number of amides is 1. The molecule has 150 valence electrons. The normalized spacial score (nSPS) is 17.4. The number of carbonyl (C=O) groups is 1. The van der Waals surface area contributed by atoms with Gasteiger partial charge < -0.3 is 4.90 Å². The number of benzene rings is 1. The number of thiazole rings is 1. The molecule has 7 nitrogen and oxygen atoms in total. The molecule has 1 aromatic carbocycles. The first-order chi connectivity index (χ1) is 13.8. The second-order valence-corrected chi connectivity index (χ2v) is 9.98. The maximum Gasteiger partial charge on any atom is 0.258 e. The summed E-state index contributed by atoms with van der Waals surface area (Å²) in [5.41, 5.74) is 1.27. The van der Waals surface area contributed by atoms with E-state index in [-0.39, 0.29) is 18.2 Å². The Morgan fingerprint density at radius 2 is 2.10 bits per heavy atom. The van der Waals surface area contributed by atoms with Crippen LogP contribution in [-0.2, 0) is 21.2 Å². The van der Waals surface area contributed by atoms with E-state index in [1.807, 2.05) is 12.1 Å². The van der Waals surface area contributed by atoms with Crippen molar-refractivity contribution in [2.75, 3.05) is 17.6 Å². The van der Waals surface area contributed by atoms with E-state index in [4.69, 9.17) is 23.2 Å². The Balaban J connectivity index is 1.44. The van der Waals surface area contributed by atoms with Crippen molar-refractivity contribution in [3.05, 3.63) is 68.8 Å². The number of halogens is 2. The van der Waals surface area contributed by atoms with Gasteiger partial charge in [0.05, 0.1) is 21.4 Å². The van der Waals surface area contributed by atoms with Crippen molar-refractivity contribution in [2.45, 2.75) is 6.42 Å². The molecular weight excluding hydrogens is 455 g/mol. The molecule has 0 bridgehead atoms. The zero-order valence-electron chi connectivity index (χ0n) is 14.8. The van der Waals surface area contributed by atoms with Crippen LogP contribution < -0.4 is 5.32 Å². The summed E-state index contributed by atoms with van der Waals surface area (Å²) in [6, 6.07) is 5.45. The van der Waals surface area contributed by atoms with Crippen molar-refractivity contribution in [2.24, 2.45) is 4.40 Å². The summed E-state index contributed by atoms with van der Waals surface area (Å²) in [6.07, 6.45) is 6.87. The van der Waals surface area contributed by atoms with Crippen LogP contribution in [0.2, 0.25) is 10.0 Å². The van der Waals surface area contributed by atoms with Gasteiger partial charge in [-0.2, -0.15) is 0 Å². The number of nitrogens with zero attached hydrogens (tertiary/aromatic N) is 3. The highest BCUT2D eigenvalue weighted by atomic mass is 35.5. The van der Waals surface area contributed by atoms with E-state index < -0.39 is 10.0 Å². The quantitative estimate of drug-likeness (QED) is 0.741. The minimum Gasteiger partial charge on any atom is -0.330 e. The molecule has 1 amide bonds. The molecule has 1 aromatic heterocycles. The summed E-state index contributed by atoms with van der Waals surface area (Å²) in [6.45, 7) is 0.254. The number of hydrogen-bond acceptors (Lipinski definition) is 6. The highest BCUT2D eigenvalue weighted by Gasteiger charge is 2.25. The number of nitrogens with one attached hydrogen (secondary N) is 1. The lowest BCUT2D eigenvalue weighted by molar-refractivity contribution is -0.112. The van der Waals surface area contributed by atoms with Gasteiger partial charge in [-0.1, -0.05) is 35.3 Å². The van der Waals surface area contributed by atoms with Gasteiger partial charge in [0.2, 0.25) is 0 Å². The van der Waals surface area contributed by atoms with Crippen LogP contribution in [0, 0.1) is 0 Å². The van der Waals surface area contributed by atoms with E-state index in [0.717, 1.165) is 10.4 Å². The van der Waals surface area contributed by atoms with Crippen molar-refractivity contribution in [1.29, 1.82) is 0 Å². The van der Waals surface area contributed by atoms with Gasteiger partial charge in [0.15, 0.2) is 5.13 Å². The van der Waals surface area contributed by atoms with Gasteiger partial charge in [0.25, 0.3) is 15.9 Å². The van der Waals surface area contributed by atoms with E-state index in [2.05, 4.69) is 14.7 Å². The third-order valence-corrected chi connectivity index (χ3v) is 7.19. The number of rotatable bonds is 4. The third-order valence-electron chi connectivity index (χ3n) is 4.26. The topological polar surface area (TPSA) is 91.7 Å². The fourth-order valence-electron chi connectivity index (χ4n) is 2.82. The standard InChI is InChI=1S/C18H14Cl2N4O3S2/c19-14-3-1-2-11(16(14)20)8-13-9-21-18(28-13)22-17(25)12-4-5-15-23-29(26,27)7-6-24(15)10-12/h1-5,9-10H,6-8H2,(H,21,22,25). The van der Waals surface area contributed by atoms with Crippen LogP contribution in [0.25, 0.3) is 0 Å². The fourth-order valence-corrected chi connectivity index (χ4v) is 5.01. The zero-order chi connectivity index (χ0) is 20.6. The number of aromatic nitrogens is 1. The average Bonchev–Trinajstić information content (AvgIpc) is 3.11. The number of amidine groups is 1. The van der Waals surface area contributed by atoms with E-state index in [9.17, 15) is 13.2 Å². The number of sulfonamides is 1. The summed E-state index contributed by atoms with van der Waals surface area (Å²) in [4.78, 5) is 19.4. The summed E-state index contributed by atoms with van der Waals surface area (Å²) in [7, 11) is -3.43. The lowest BCUT2D eigenvalue weighted by Crippen LogP contribution is -2.37. The van der Waals surface area contributed by atoms with Crippen LogP contribution in [-0.4, -0.2) is 42.3 Å². The second-order valence-electron chi connectivity index (χ2n) is 6.32. The van der Waals surface area contributed by atoms with Gasteiger partial charge in [0, 0.05) is 30.2 Å². The molecule has 0 fully saturated rings. The lowest BCUT2D eigenvalue weighted by Gasteiger charge is -2.26. The van der Waals surface area contributed by atoms with Crippen molar-refractivity contribution >= 4 is 61.4 Å². The summed E-state index contributed by atoms with van der Waals surface area (Å²) in [5.74, 6) is -0.115. The molecule has 2 aliphatic rings. The van der Waals surface area contributed by atoms with Crippen molar-refractivity contribution < 1.29 is 13.2 Å². The predicted octanol–water partition coefficient (Wildman–Crippen LogP) is 3.48. The van der Waals surface area contributed by atoms with E-state index in [0.29, 0.717) is 33.0 Å². The molecule has 0 spiro atoms.